The second-order valence-electron chi connectivity index (χ2n) is 6.62. The van der Waals surface area contributed by atoms with E-state index >= 15 is 0 Å². The van der Waals surface area contributed by atoms with Crippen molar-refractivity contribution in [1.82, 2.24) is 0 Å². The summed E-state index contributed by atoms with van der Waals surface area (Å²) >= 11 is 6.17. The zero-order chi connectivity index (χ0) is 21.1. The largest absolute Gasteiger partial charge is 0.494 e. The highest BCUT2D eigenvalue weighted by Gasteiger charge is 2.09. The summed E-state index contributed by atoms with van der Waals surface area (Å²) in [6.07, 6.45) is 3.28. The Hall–Kier alpha value is -2.73. The van der Waals surface area contributed by atoms with Crippen molar-refractivity contribution in [3.05, 3.63) is 47.5 Å². The third kappa shape index (κ3) is 8.03. The van der Waals surface area contributed by atoms with Gasteiger partial charge in [-0.05, 0) is 43.2 Å². The van der Waals surface area contributed by atoms with Crippen LogP contribution in [0, 0.1) is 0 Å². The summed E-state index contributed by atoms with van der Waals surface area (Å²) < 4.78 is 5.67. The summed E-state index contributed by atoms with van der Waals surface area (Å²) in [6, 6.07) is 12.5. The molecule has 0 aromatic heterocycles. The standard InChI is InChI=1S/C22H28ClN3O3/c1-3-5-12-29-18-9-6-8-16(13-18)24-15-22(28)26-20-14-17(10-11-19(20)23)25-21(27)7-4-2/h6,8-11,13-14,24H,3-5,7,12,15H2,1-2H3,(H,25,27)(H,26,28). The average Bonchev–Trinajstić information content (AvgIpc) is 2.70. The van der Waals surface area contributed by atoms with E-state index in [-0.39, 0.29) is 18.4 Å². The number of benzene rings is 2. The lowest BCUT2D eigenvalue weighted by molar-refractivity contribution is -0.116. The van der Waals surface area contributed by atoms with Crippen LogP contribution in [0.15, 0.2) is 42.5 Å². The van der Waals surface area contributed by atoms with Crippen molar-refractivity contribution in [3.8, 4) is 5.75 Å². The van der Waals surface area contributed by atoms with Crippen LogP contribution in [0.4, 0.5) is 17.1 Å². The molecule has 2 aromatic rings. The van der Waals surface area contributed by atoms with E-state index in [1.54, 1.807) is 18.2 Å². The molecule has 0 fully saturated rings. The van der Waals surface area contributed by atoms with E-state index in [4.69, 9.17) is 16.3 Å². The number of halogens is 1. The topological polar surface area (TPSA) is 79.5 Å². The van der Waals surface area contributed by atoms with Crippen molar-refractivity contribution in [3.63, 3.8) is 0 Å². The van der Waals surface area contributed by atoms with Gasteiger partial charge in [0.2, 0.25) is 11.8 Å². The second kappa shape index (κ2) is 12.0. The second-order valence-corrected chi connectivity index (χ2v) is 7.03. The first-order valence-electron chi connectivity index (χ1n) is 9.87. The Labute approximate surface area is 177 Å². The lowest BCUT2D eigenvalue weighted by Gasteiger charge is -2.12. The van der Waals surface area contributed by atoms with Crippen LogP contribution in [-0.2, 0) is 9.59 Å². The molecule has 29 heavy (non-hydrogen) atoms. The molecule has 0 unspecified atom stereocenters. The molecule has 0 radical (unpaired) electrons. The van der Waals surface area contributed by atoms with Gasteiger partial charge in [0.05, 0.1) is 23.9 Å². The zero-order valence-electron chi connectivity index (χ0n) is 16.9. The average molecular weight is 418 g/mol. The molecular weight excluding hydrogens is 390 g/mol. The minimum atomic E-state index is -0.249. The van der Waals surface area contributed by atoms with Crippen molar-refractivity contribution in [2.75, 3.05) is 29.1 Å². The smallest absolute Gasteiger partial charge is 0.243 e. The Kier molecular flexibility index (Phi) is 9.31. The van der Waals surface area contributed by atoms with Crippen molar-refractivity contribution >= 4 is 40.5 Å². The fourth-order valence-corrected chi connectivity index (χ4v) is 2.72. The Morgan fingerprint density at radius 2 is 1.79 bits per heavy atom. The third-order valence-corrected chi connectivity index (χ3v) is 4.38. The van der Waals surface area contributed by atoms with Crippen LogP contribution in [0.2, 0.25) is 5.02 Å². The zero-order valence-corrected chi connectivity index (χ0v) is 17.6. The highest BCUT2D eigenvalue weighted by Crippen LogP contribution is 2.26. The van der Waals surface area contributed by atoms with Gasteiger partial charge in [0.15, 0.2) is 0 Å². The maximum atomic E-state index is 12.3. The van der Waals surface area contributed by atoms with Crippen molar-refractivity contribution in [2.24, 2.45) is 0 Å². The number of amides is 2. The summed E-state index contributed by atoms with van der Waals surface area (Å²) in [6.45, 7) is 4.79. The lowest BCUT2D eigenvalue weighted by Crippen LogP contribution is -2.22. The van der Waals surface area contributed by atoms with Gasteiger partial charge in [0.25, 0.3) is 0 Å². The van der Waals surface area contributed by atoms with Gasteiger partial charge in [-0.25, -0.2) is 0 Å². The quantitative estimate of drug-likeness (QED) is 0.433. The SMILES string of the molecule is CCCCOc1cccc(NCC(=O)Nc2cc(NC(=O)CCC)ccc2Cl)c1. The summed E-state index contributed by atoms with van der Waals surface area (Å²) in [5.74, 6) is 0.443. The number of hydrogen-bond acceptors (Lipinski definition) is 4. The minimum Gasteiger partial charge on any atom is -0.494 e. The minimum absolute atomic E-state index is 0.0706. The predicted octanol–water partition coefficient (Wildman–Crippen LogP) is 5.31. The summed E-state index contributed by atoms with van der Waals surface area (Å²) in [5, 5.41) is 9.03. The van der Waals surface area contributed by atoms with Crippen LogP contribution < -0.4 is 20.7 Å². The van der Waals surface area contributed by atoms with E-state index in [9.17, 15) is 9.59 Å². The third-order valence-electron chi connectivity index (χ3n) is 4.05. The van der Waals surface area contributed by atoms with Gasteiger partial charge < -0.3 is 20.7 Å². The predicted molar refractivity (Wildman–Crippen MR) is 119 cm³/mol. The van der Waals surface area contributed by atoms with Crippen LogP contribution in [0.3, 0.4) is 0 Å². The number of carbonyl (C=O) groups is 2. The molecule has 0 aliphatic heterocycles. The Bertz CT molecular complexity index is 827. The van der Waals surface area contributed by atoms with E-state index in [1.807, 2.05) is 31.2 Å². The first-order chi connectivity index (χ1) is 14.0. The normalized spacial score (nSPS) is 10.3. The summed E-state index contributed by atoms with van der Waals surface area (Å²) in [4.78, 5) is 24.1. The number of anilines is 3. The molecule has 0 atom stereocenters. The molecule has 0 spiro atoms. The Balaban J connectivity index is 1.90. The van der Waals surface area contributed by atoms with Gasteiger partial charge >= 0.3 is 0 Å². The van der Waals surface area contributed by atoms with Crippen molar-refractivity contribution in [2.45, 2.75) is 39.5 Å². The van der Waals surface area contributed by atoms with E-state index in [0.717, 1.165) is 30.7 Å². The number of ether oxygens (including phenoxy) is 1. The van der Waals surface area contributed by atoms with E-state index in [0.29, 0.717) is 29.4 Å². The fourth-order valence-electron chi connectivity index (χ4n) is 2.56. The molecule has 2 amide bonds. The molecule has 0 heterocycles. The van der Waals surface area contributed by atoms with Gasteiger partial charge in [-0.2, -0.15) is 0 Å². The molecule has 0 bridgehead atoms. The van der Waals surface area contributed by atoms with Gasteiger partial charge in [0, 0.05) is 23.9 Å². The van der Waals surface area contributed by atoms with Gasteiger partial charge in [-0.3, -0.25) is 9.59 Å². The lowest BCUT2D eigenvalue weighted by atomic mass is 10.2. The maximum Gasteiger partial charge on any atom is 0.243 e. The number of rotatable bonds is 11. The molecule has 0 aliphatic rings. The number of nitrogens with one attached hydrogen (secondary N) is 3. The molecule has 7 heteroatoms. The molecular formula is C22H28ClN3O3. The van der Waals surface area contributed by atoms with Crippen LogP contribution in [0.25, 0.3) is 0 Å². The highest BCUT2D eigenvalue weighted by molar-refractivity contribution is 6.33. The monoisotopic (exact) mass is 417 g/mol. The first kappa shape index (κ1) is 22.6. The van der Waals surface area contributed by atoms with Crippen LogP contribution in [0.1, 0.15) is 39.5 Å². The van der Waals surface area contributed by atoms with Crippen LogP contribution in [-0.4, -0.2) is 25.0 Å². The molecule has 6 nitrogen and oxygen atoms in total. The van der Waals surface area contributed by atoms with Gasteiger partial charge in [-0.1, -0.05) is 37.9 Å². The molecule has 3 N–H and O–H groups in total. The molecule has 0 saturated carbocycles. The maximum absolute atomic E-state index is 12.3. The molecule has 0 aliphatic carbocycles. The Morgan fingerprint density at radius 1 is 0.966 bits per heavy atom. The van der Waals surface area contributed by atoms with Crippen LogP contribution in [0.5, 0.6) is 5.75 Å². The Morgan fingerprint density at radius 3 is 2.55 bits per heavy atom. The molecule has 0 saturated heterocycles. The van der Waals surface area contributed by atoms with E-state index in [1.165, 1.54) is 0 Å². The van der Waals surface area contributed by atoms with Gasteiger partial charge in [-0.15, -0.1) is 0 Å². The first-order valence-corrected chi connectivity index (χ1v) is 10.3. The van der Waals surface area contributed by atoms with Gasteiger partial charge in [0.1, 0.15) is 5.75 Å². The number of hydrogen-bond donors (Lipinski definition) is 3. The van der Waals surface area contributed by atoms with E-state index in [2.05, 4.69) is 22.9 Å². The van der Waals surface area contributed by atoms with Crippen LogP contribution >= 0.6 is 11.6 Å². The van der Waals surface area contributed by atoms with Crippen molar-refractivity contribution < 1.29 is 14.3 Å². The molecule has 2 rings (SSSR count). The number of carbonyl (C=O) groups excluding carboxylic acids is 2. The summed E-state index contributed by atoms with van der Waals surface area (Å²) in [5.41, 5.74) is 1.83. The molecule has 2 aromatic carbocycles. The van der Waals surface area contributed by atoms with Crippen molar-refractivity contribution in [1.29, 1.82) is 0 Å². The highest BCUT2D eigenvalue weighted by atomic mass is 35.5. The molecule has 156 valence electrons. The fraction of sp³-hybridized carbons (Fsp3) is 0.364. The van der Waals surface area contributed by atoms with E-state index < -0.39 is 0 Å². The number of unbranched alkanes of at least 4 members (excludes halogenated alkanes) is 1. The summed E-state index contributed by atoms with van der Waals surface area (Å²) in [7, 11) is 0.